The highest BCUT2D eigenvalue weighted by Crippen LogP contribution is 2.31. The Bertz CT molecular complexity index is 428. The van der Waals surface area contributed by atoms with E-state index < -0.39 is 5.54 Å². The summed E-state index contributed by atoms with van der Waals surface area (Å²) in [5.74, 6) is 0.859. The van der Waals surface area contributed by atoms with Gasteiger partial charge in [0, 0.05) is 17.4 Å². The minimum absolute atomic E-state index is 0.0617. The second-order valence-electron chi connectivity index (χ2n) is 4.83. The van der Waals surface area contributed by atoms with Crippen LogP contribution >= 0.6 is 15.9 Å². The molecule has 1 atom stereocenters. The number of nitrogens with one attached hydrogen (secondary N) is 1. The first-order valence-corrected chi connectivity index (χ1v) is 6.94. The van der Waals surface area contributed by atoms with Crippen LogP contribution in [0.3, 0.4) is 0 Å². The van der Waals surface area contributed by atoms with Gasteiger partial charge in [-0.25, -0.2) is 0 Å². The van der Waals surface area contributed by atoms with E-state index in [-0.39, 0.29) is 25.9 Å². The van der Waals surface area contributed by atoms with Gasteiger partial charge in [-0.3, -0.25) is 0 Å². The van der Waals surface area contributed by atoms with Gasteiger partial charge in [-0.2, -0.15) is 0 Å². The highest BCUT2D eigenvalue weighted by Gasteiger charge is 2.30. The van der Waals surface area contributed by atoms with E-state index in [2.05, 4.69) is 21.2 Å². The fourth-order valence-corrected chi connectivity index (χ4v) is 2.46. The molecular formula is C13H18BrNO4. The Hall–Kier alpha value is -0.660. The van der Waals surface area contributed by atoms with Crippen molar-refractivity contribution in [3.05, 3.63) is 28.2 Å². The molecule has 0 aliphatic carbocycles. The van der Waals surface area contributed by atoms with Gasteiger partial charge in [0.25, 0.3) is 0 Å². The van der Waals surface area contributed by atoms with Crippen molar-refractivity contribution >= 4 is 15.9 Å². The van der Waals surface area contributed by atoms with Crippen molar-refractivity contribution in [3.8, 4) is 5.75 Å². The number of hydrogen-bond donors (Lipinski definition) is 4. The molecule has 0 bridgehead atoms. The lowest BCUT2D eigenvalue weighted by atomic mass is 10.0. The van der Waals surface area contributed by atoms with Crippen molar-refractivity contribution in [2.45, 2.75) is 18.1 Å². The van der Waals surface area contributed by atoms with Gasteiger partial charge in [-0.1, -0.05) is 15.9 Å². The number of halogens is 1. The van der Waals surface area contributed by atoms with Crippen LogP contribution in [0, 0.1) is 0 Å². The van der Waals surface area contributed by atoms with E-state index in [1.165, 1.54) is 0 Å². The van der Waals surface area contributed by atoms with Crippen molar-refractivity contribution < 1.29 is 20.1 Å². The molecule has 0 saturated carbocycles. The van der Waals surface area contributed by atoms with Crippen LogP contribution in [0.5, 0.6) is 5.75 Å². The minimum atomic E-state index is -1.06. The van der Waals surface area contributed by atoms with Crippen LogP contribution in [0.1, 0.15) is 5.56 Å². The average molecular weight is 332 g/mol. The Morgan fingerprint density at radius 3 is 2.58 bits per heavy atom. The maximum atomic E-state index is 9.23. The Balaban J connectivity index is 1.93. The first kappa shape index (κ1) is 14.7. The fraction of sp³-hybridized carbons (Fsp3) is 0.538. The summed E-state index contributed by atoms with van der Waals surface area (Å²) in [4.78, 5) is 0. The molecule has 1 aromatic carbocycles. The van der Waals surface area contributed by atoms with Crippen molar-refractivity contribution in [1.82, 2.24) is 5.32 Å². The molecule has 0 saturated heterocycles. The van der Waals surface area contributed by atoms with E-state index >= 15 is 0 Å². The highest BCUT2D eigenvalue weighted by atomic mass is 79.9. The second kappa shape index (κ2) is 6.19. The number of benzene rings is 1. The van der Waals surface area contributed by atoms with E-state index in [9.17, 15) is 15.3 Å². The molecule has 1 aliphatic rings. The zero-order valence-corrected chi connectivity index (χ0v) is 12.1. The van der Waals surface area contributed by atoms with Crippen LogP contribution in [0.25, 0.3) is 0 Å². The highest BCUT2D eigenvalue weighted by molar-refractivity contribution is 9.10. The van der Waals surface area contributed by atoms with E-state index in [4.69, 9.17) is 4.74 Å². The summed E-state index contributed by atoms with van der Waals surface area (Å²) < 4.78 is 6.78. The molecule has 1 heterocycles. The first-order valence-electron chi connectivity index (χ1n) is 6.15. The summed E-state index contributed by atoms with van der Waals surface area (Å²) in [6.07, 6.45) is 0.702. The fourth-order valence-electron chi connectivity index (χ4n) is 2.05. The lowest BCUT2D eigenvalue weighted by molar-refractivity contribution is 0.0361. The van der Waals surface area contributed by atoms with E-state index in [0.717, 1.165) is 22.2 Å². The summed E-state index contributed by atoms with van der Waals surface area (Å²) in [7, 11) is 0. The number of hydrogen-bond acceptors (Lipinski definition) is 5. The first-order chi connectivity index (χ1) is 9.12. The molecule has 4 N–H and O–H groups in total. The molecule has 1 aromatic rings. The molecular weight excluding hydrogens is 314 g/mol. The third-order valence-corrected chi connectivity index (χ3v) is 3.87. The second-order valence-corrected chi connectivity index (χ2v) is 5.75. The average Bonchev–Trinajstić information content (AvgIpc) is 2.83. The molecule has 5 nitrogen and oxygen atoms in total. The van der Waals surface area contributed by atoms with Gasteiger partial charge in [0.1, 0.15) is 11.9 Å². The van der Waals surface area contributed by atoms with Gasteiger partial charge in [0.05, 0.1) is 25.4 Å². The summed E-state index contributed by atoms with van der Waals surface area (Å²) in [6, 6.07) is 5.86. The molecule has 6 heteroatoms. The topological polar surface area (TPSA) is 82.0 Å². The largest absolute Gasteiger partial charge is 0.488 e. The predicted molar refractivity (Wildman–Crippen MR) is 74.3 cm³/mol. The number of aliphatic hydroxyl groups is 3. The van der Waals surface area contributed by atoms with Crippen LogP contribution in [0.15, 0.2) is 22.7 Å². The molecule has 0 spiro atoms. The van der Waals surface area contributed by atoms with Crippen LogP contribution in [-0.4, -0.2) is 53.3 Å². The van der Waals surface area contributed by atoms with Crippen LogP contribution in [-0.2, 0) is 6.42 Å². The molecule has 2 rings (SSSR count). The van der Waals surface area contributed by atoms with Crippen LogP contribution in [0.2, 0.25) is 0 Å². The maximum Gasteiger partial charge on any atom is 0.123 e. The zero-order chi connectivity index (χ0) is 13.9. The number of ether oxygens (including phenoxy) is 1. The number of fused-ring (bicyclic) bond motifs is 1. The Labute approximate surface area is 120 Å². The van der Waals surface area contributed by atoms with Gasteiger partial charge in [0.2, 0.25) is 0 Å². The summed E-state index contributed by atoms with van der Waals surface area (Å²) in [5, 5.41) is 30.7. The Morgan fingerprint density at radius 2 is 1.95 bits per heavy atom. The quantitative estimate of drug-likeness (QED) is 0.592. The molecule has 0 fully saturated rings. The SMILES string of the molecule is OCC(CO)(CO)NCC1Cc2cc(Br)ccc2O1. The number of rotatable bonds is 6. The predicted octanol–water partition coefficient (Wildman–Crippen LogP) is 0.0579. The third-order valence-electron chi connectivity index (χ3n) is 3.38. The molecule has 106 valence electrons. The summed E-state index contributed by atoms with van der Waals surface area (Å²) >= 11 is 3.42. The molecule has 1 aliphatic heterocycles. The van der Waals surface area contributed by atoms with Gasteiger partial charge < -0.3 is 25.4 Å². The van der Waals surface area contributed by atoms with Crippen molar-refractivity contribution in [2.75, 3.05) is 26.4 Å². The maximum absolute atomic E-state index is 9.23. The van der Waals surface area contributed by atoms with E-state index in [0.29, 0.717) is 6.54 Å². The van der Waals surface area contributed by atoms with Crippen molar-refractivity contribution in [2.24, 2.45) is 0 Å². The Morgan fingerprint density at radius 1 is 1.26 bits per heavy atom. The van der Waals surface area contributed by atoms with Gasteiger partial charge in [-0.15, -0.1) is 0 Å². The van der Waals surface area contributed by atoms with Gasteiger partial charge in [-0.05, 0) is 23.8 Å². The minimum Gasteiger partial charge on any atom is -0.488 e. The molecule has 19 heavy (non-hydrogen) atoms. The van der Waals surface area contributed by atoms with E-state index in [1.807, 2.05) is 18.2 Å². The third kappa shape index (κ3) is 3.27. The zero-order valence-electron chi connectivity index (χ0n) is 10.5. The summed E-state index contributed by atoms with van der Waals surface area (Å²) in [6.45, 7) is -0.532. The van der Waals surface area contributed by atoms with Gasteiger partial charge >= 0.3 is 0 Å². The number of aliphatic hydroxyl groups excluding tert-OH is 3. The lowest BCUT2D eigenvalue weighted by Crippen LogP contribution is -2.57. The van der Waals surface area contributed by atoms with Gasteiger partial charge in [0.15, 0.2) is 0 Å². The lowest BCUT2D eigenvalue weighted by Gasteiger charge is -2.30. The van der Waals surface area contributed by atoms with Crippen LogP contribution in [0.4, 0.5) is 0 Å². The molecule has 0 aromatic heterocycles. The molecule has 0 radical (unpaired) electrons. The van der Waals surface area contributed by atoms with E-state index in [1.54, 1.807) is 0 Å². The Kier molecular flexibility index (Phi) is 4.81. The van der Waals surface area contributed by atoms with Crippen molar-refractivity contribution in [3.63, 3.8) is 0 Å². The standard InChI is InChI=1S/C13H18BrNO4/c14-10-1-2-12-9(3-10)4-11(19-12)5-15-13(6-16,7-17)8-18/h1-3,11,15-18H,4-8H2. The smallest absolute Gasteiger partial charge is 0.123 e. The summed E-state index contributed by atoms with van der Waals surface area (Å²) in [5.41, 5.74) is 0.0717. The van der Waals surface area contributed by atoms with Crippen molar-refractivity contribution in [1.29, 1.82) is 0 Å². The van der Waals surface area contributed by atoms with Crippen LogP contribution < -0.4 is 10.1 Å². The normalized spacial score (nSPS) is 18.2. The molecule has 1 unspecified atom stereocenters. The molecule has 0 amide bonds. The monoisotopic (exact) mass is 331 g/mol.